The van der Waals surface area contributed by atoms with E-state index >= 15 is 0 Å². The topological polar surface area (TPSA) is 38.7 Å². The summed E-state index contributed by atoms with van der Waals surface area (Å²) in [4.78, 5) is 0. The van der Waals surface area contributed by atoms with Crippen LogP contribution in [0.3, 0.4) is 0 Å². The lowest BCUT2D eigenvalue weighted by Crippen LogP contribution is -2.32. The van der Waals surface area contributed by atoms with Gasteiger partial charge in [-0.1, -0.05) is 0 Å². The first kappa shape index (κ1) is 5.26. The number of rotatable bonds is 0. The number of aliphatic hydroxyl groups excluding tert-OH is 1. The molecule has 2 aliphatic rings. The van der Waals surface area contributed by atoms with Crippen molar-refractivity contribution in [2.75, 3.05) is 6.61 Å². The molecule has 0 saturated carbocycles. The molecule has 3 nitrogen and oxygen atoms in total. The van der Waals surface area contributed by atoms with Crippen LogP contribution in [0.25, 0.3) is 0 Å². The SMILES string of the molecule is O[C@H]1[C@@H]2C=CO[C@@H]1CO2. The van der Waals surface area contributed by atoms with Crippen LogP contribution in [0.15, 0.2) is 12.3 Å². The quantitative estimate of drug-likeness (QED) is 0.485. The van der Waals surface area contributed by atoms with Gasteiger partial charge in [0.25, 0.3) is 0 Å². The molecule has 9 heavy (non-hydrogen) atoms. The highest BCUT2D eigenvalue weighted by Crippen LogP contribution is 2.22. The fourth-order valence-corrected chi connectivity index (χ4v) is 1.13. The summed E-state index contributed by atoms with van der Waals surface area (Å²) in [7, 11) is 0. The summed E-state index contributed by atoms with van der Waals surface area (Å²) in [6, 6.07) is 0. The summed E-state index contributed by atoms with van der Waals surface area (Å²) in [5, 5.41) is 9.21. The van der Waals surface area contributed by atoms with Crippen LogP contribution in [0.2, 0.25) is 0 Å². The molecular formula is C6H8O3. The standard InChI is InChI=1S/C6H8O3/c7-6-4-1-2-8-5(6)3-9-4/h1-2,4-7H,3H2/t4-,5+,6-/m0/s1. The van der Waals surface area contributed by atoms with E-state index in [-0.39, 0.29) is 12.2 Å². The number of hydrogen-bond acceptors (Lipinski definition) is 3. The van der Waals surface area contributed by atoms with Crippen molar-refractivity contribution in [2.24, 2.45) is 0 Å². The van der Waals surface area contributed by atoms with Crippen LogP contribution >= 0.6 is 0 Å². The summed E-state index contributed by atoms with van der Waals surface area (Å²) in [6.45, 7) is 0.513. The Morgan fingerprint density at radius 3 is 3.11 bits per heavy atom. The summed E-state index contributed by atoms with van der Waals surface area (Å²) in [5.74, 6) is 0. The van der Waals surface area contributed by atoms with Crippen molar-refractivity contribution in [3.63, 3.8) is 0 Å². The Kier molecular flexibility index (Phi) is 1.00. The van der Waals surface area contributed by atoms with E-state index in [0.29, 0.717) is 6.61 Å². The maximum absolute atomic E-state index is 9.21. The molecule has 1 fully saturated rings. The van der Waals surface area contributed by atoms with E-state index in [0.717, 1.165) is 0 Å². The molecule has 0 aromatic heterocycles. The molecule has 50 valence electrons. The van der Waals surface area contributed by atoms with E-state index in [9.17, 15) is 5.11 Å². The number of ether oxygens (including phenoxy) is 2. The van der Waals surface area contributed by atoms with Crippen LogP contribution in [-0.4, -0.2) is 30.0 Å². The first-order valence-corrected chi connectivity index (χ1v) is 3.00. The molecule has 2 bridgehead atoms. The molecule has 0 spiro atoms. The Balaban J connectivity index is 2.22. The zero-order valence-corrected chi connectivity index (χ0v) is 4.86. The third kappa shape index (κ3) is 0.653. The van der Waals surface area contributed by atoms with Gasteiger partial charge < -0.3 is 14.6 Å². The molecule has 2 aliphatic heterocycles. The minimum atomic E-state index is -0.449. The Morgan fingerprint density at radius 2 is 2.44 bits per heavy atom. The predicted molar refractivity (Wildman–Crippen MR) is 29.8 cm³/mol. The second-order valence-electron chi connectivity index (χ2n) is 2.29. The first-order valence-electron chi connectivity index (χ1n) is 3.00. The molecule has 1 N–H and O–H groups in total. The average molecular weight is 128 g/mol. The van der Waals surface area contributed by atoms with Gasteiger partial charge in [0.2, 0.25) is 0 Å². The molecule has 0 aromatic rings. The summed E-state index contributed by atoms with van der Waals surface area (Å²) >= 11 is 0. The van der Waals surface area contributed by atoms with Gasteiger partial charge in [0.05, 0.1) is 12.9 Å². The van der Waals surface area contributed by atoms with Crippen LogP contribution in [0.4, 0.5) is 0 Å². The highest BCUT2D eigenvalue weighted by atomic mass is 16.6. The van der Waals surface area contributed by atoms with Gasteiger partial charge in [0.1, 0.15) is 18.3 Å². The molecule has 2 rings (SSSR count). The fourth-order valence-electron chi connectivity index (χ4n) is 1.13. The molecule has 0 radical (unpaired) electrons. The van der Waals surface area contributed by atoms with Crippen LogP contribution in [0.5, 0.6) is 0 Å². The lowest BCUT2D eigenvalue weighted by molar-refractivity contribution is 0.0178. The summed E-state index contributed by atoms with van der Waals surface area (Å²) in [5.41, 5.74) is 0. The highest BCUT2D eigenvalue weighted by Gasteiger charge is 2.37. The lowest BCUT2D eigenvalue weighted by atomic mass is 10.1. The van der Waals surface area contributed by atoms with Crippen LogP contribution in [0, 0.1) is 0 Å². The van der Waals surface area contributed by atoms with E-state index in [1.165, 1.54) is 0 Å². The van der Waals surface area contributed by atoms with Gasteiger partial charge in [-0.3, -0.25) is 0 Å². The second-order valence-corrected chi connectivity index (χ2v) is 2.29. The molecule has 3 atom stereocenters. The predicted octanol–water partition coefficient (Wildman–Crippen LogP) is -0.341. The van der Waals surface area contributed by atoms with E-state index in [1.807, 2.05) is 0 Å². The molecule has 0 aromatic carbocycles. The zero-order chi connectivity index (χ0) is 6.27. The average Bonchev–Trinajstić information content (AvgIpc) is 2.19. The monoisotopic (exact) mass is 128 g/mol. The first-order chi connectivity index (χ1) is 4.38. The zero-order valence-electron chi connectivity index (χ0n) is 4.86. The van der Waals surface area contributed by atoms with Gasteiger partial charge in [-0.15, -0.1) is 0 Å². The number of fused-ring (bicyclic) bond motifs is 2. The van der Waals surface area contributed by atoms with Crippen LogP contribution < -0.4 is 0 Å². The minimum absolute atomic E-state index is 0.122. The van der Waals surface area contributed by atoms with Gasteiger partial charge in [-0.05, 0) is 6.08 Å². The third-order valence-corrected chi connectivity index (χ3v) is 1.69. The summed E-state index contributed by atoms with van der Waals surface area (Å²) < 4.78 is 10.2. The van der Waals surface area contributed by atoms with E-state index in [4.69, 9.17) is 9.47 Å². The van der Waals surface area contributed by atoms with Crippen molar-refractivity contribution < 1.29 is 14.6 Å². The maximum atomic E-state index is 9.21. The van der Waals surface area contributed by atoms with Crippen molar-refractivity contribution in [2.45, 2.75) is 18.3 Å². The van der Waals surface area contributed by atoms with Crippen LogP contribution in [0.1, 0.15) is 0 Å². The Labute approximate surface area is 52.9 Å². The number of hydrogen-bond donors (Lipinski definition) is 1. The molecule has 3 heteroatoms. The van der Waals surface area contributed by atoms with Gasteiger partial charge in [0.15, 0.2) is 0 Å². The second kappa shape index (κ2) is 1.72. The van der Waals surface area contributed by atoms with E-state index in [2.05, 4.69) is 0 Å². The maximum Gasteiger partial charge on any atom is 0.150 e. The van der Waals surface area contributed by atoms with E-state index < -0.39 is 6.10 Å². The van der Waals surface area contributed by atoms with Crippen molar-refractivity contribution in [1.82, 2.24) is 0 Å². The Bertz CT molecular complexity index is 143. The van der Waals surface area contributed by atoms with Gasteiger partial charge in [-0.25, -0.2) is 0 Å². The fraction of sp³-hybridized carbons (Fsp3) is 0.667. The lowest BCUT2D eigenvalue weighted by Gasteiger charge is -2.18. The molecular weight excluding hydrogens is 120 g/mol. The van der Waals surface area contributed by atoms with Crippen molar-refractivity contribution in [3.05, 3.63) is 12.3 Å². The van der Waals surface area contributed by atoms with Gasteiger partial charge >= 0.3 is 0 Å². The largest absolute Gasteiger partial charge is 0.493 e. The van der Waals surface area contributed by atoms with E-state index in [1.54, 1.807) is 12.3 Å². The van der Waals surface area contributed by atoms with Crippen molar-refractivity contribution in [3.8, 4) is 0 Å². The molecule has 1 saturated heterocycles. The minimum Gasteiger partial charge on any atom is -0.493 e. The third-order valence-electron chi connectivity index (χ3n) is 1.69. The van der Waals surface area contributed by atoms with Crippen molar-refractivity contribution >= 4 is 0 Å². The van der Waals surface area contributed by atoms with Gasteiger partial charge in [0, 0.05) is 0 Å². The molecule has 2 heterocycles. The molecule has 0 amide bonds. The number of aliphatic hydroxyl groups is 1. The molecule has 0 unspecified atom stereocenters. The van der Waals surface area contributed by atoms with Crippen molar-refractivity contribution in [1.29, 1.82) is 0 Å². The Hall–Kier alpha value is -0.540. The molecule has 0 aliphatic carbocycles. The normalized spacial score (nSPS) is 47.0. The Morgan fingerprint density at radius 1 is 1.56 bits per heavy atom. The van der Waals surface area contributed by atoms with Crippen LogP contribution in [-0.2, 0) is 9.47 Å². The van der Waals surface area contributed by atoms with Gasteiger partial charge in [-0.2, -0.15) is 0 Å². The highest BCUT2D eigenvalue weighted by molar-refractivity contribution is 5.01. The summed E-state index contributed by atoms with van der Waals surface area (Å²) in [6.07, 6.45) is 2.63. The smallest absolute Gasteiger partial charge is 0.150 e.